The van der Waals surface area contributed by atoms with Crippen LogP contribution in [0, 0.1) is 13.8 Å². The van der Waals surface area contributed by atoms with E-state index >= 15 is 0 Å². The zero-order valence-corrected chi connectivity index (χ0v) is 24.5. The SMILES string of the molecule is CCCCCCCCCCCCc1c(CO)cc(C)c(C)c1CCCCCCCCCCCC.N. The van der Waals surface area contributed by atoms with Crippen LogP contribution in [0.4, 0.5) is 0 Å². The van der Waals surface area contributed by atoms with Crippen LogP contribution in [0.15, 0.2) is 6.07 Å². The Morgan fingerprint density at radius 1 is 0.514 bits per heavy atom. The molecule has 0 aliphatic carbocycles. The molecule has 1 aromatic rings. The van der Waals surface area contributed by atoms with Crippen molar-refractivity contribution in [3.63, 3.8) is 0 Å². The third kappa shape index (κ3) is 15.8. The van der Waals surface area contributed by atoms with E-state index in [4.69, 9.17) is 0 Å². The number of hydrogen-bond donors (Lipinski definition) is 2. The fourth-order valence-corrected chi connectivity index (χ4v) is 5.48. The summed E-state index contributed by atoms with van der Waals surface area (Å²) < 4.78 is 0. The molecule has 2 nitrogen and oxygen atoms in total. The predicted octanol–water partition coefficient (Wildman–Crippen LogP) is 10.9. The number of aliphatic hydroxyl groups is 1. The molecular formula is C33H63NO. The van der Waals surface area contributed by atoms with Crippen LogP contribution in [0.2, 0.25) is 0 Å². The van der Waals surface area contributed by atoms with E-state index in [-0.39, 0.29) is 12.8 Å². The highest BCUT2D eigenvalue weighted by Crippen LogP contribution is 2.27. The zero-order valence-electron chi connectivity index (χ0n) is 24.5. The van der Waals surface area contributed by atoms with E-state index in [0.717, 1.165) is 6.42 Å². The summed E-state index contributed by atoms with van der Waals surface area (Å²) in [6, 6.07) is 2.25. The van der Waals surface area contributed by atoms with E-state index in [2.05, 4.69) is 33.8 Å². The van der Waals surface area contributed by atoms with Gasteiger partial charge in [0, 0.05) is 0 Å². The number of aliphatic hydroxyl groups excluding tert-OH is 1. The molecule has 0 spiro atoms. The van der Waals surface area contributed by atoms with Crippen LogP contribution < -0.4 is 6.15 Å². The van der Waals surface area contributed by atoms with Gasteiger partial charge in [-0.05, 0) is 67.3 Å². The molecule has 0 unspecified atom stereocenters. The van der Waals surface area contributed by atoms with E-state index in [1.807, 2.05) is 0 Å². The van der Waals surface area contributed by atoms with Crippen LogP contribution in [0.1, 0.15) is 170 Å². The minimum absolute atomic E-state index is 0. The van der Waals surface area contributed by atoms with Crippen LogP contribution >= 0.6 is 0 Å². The van der Waals surface area contributed by atoms with Crippen molar-refractivity contribution in [2.24, 2.45) is 0 Å². The van der Waals surface area contributed by atoms with Crippen LogP contribution in [-0.4, -0.2) is 5.11 Å². The van der Waals surface area contributed by atoms with Gasteiger partial charge in [0.2, 0.25) is 0 Å². The van der Waals surface area contributed by atoms with Crippen LogP contribution in [-0.2, 0) is 19.4 Å². The van der Waals surface area contributed by atoms with Gasteiger partial charge < -0.3 is 11.3 Å². The average molecular weight is 490 g/mol. The lowest BCUT2D eigenvalue weighted by Crippen LogP contribution is -2.06. The Bertz CT molecular complexity index is 610. The fraction of sp³-hybridized carbons (Fsp3) is 0.818. The molecule has 0 bridgehead atoms. The first-order valence-corrected chi connectivity index (χ1v) is 15.4. The molecule has 1 rings (SSSR count). The quantitative estimate of drug-likeness (QED) is 0.150. The molecule has 0 aliphatic heterocycles. The number of rotatable bonds is 23. The Labute approximate surface area is 220 Å². The first kappa shape index (κ1) is 34.1. The molecule has 0 heterocycles. The van der Waals surface area contributed by atoms with E-state index in [9.17, 15) is 5.11 Å². The maximum atomic E-state index is 10.1. The van der Waals surface area contributed by atoms with Crippen molar-refractivity contribution in [3.8, 4) is 0 Å². The Morgan fingerprint density at radius 2 is 0.857 bits per heavy atom. The second kappa shape index (κ2) is 23.5. The van der Waals surface area contributed by atoms with Crippen LogP contribution in [0.5, 0.6) is 0 Å². The monoisotopic (exact) mass is 489 g/mol. The lowest BCUT2D eigenvalue weighted by molar-refractivity contribution is 0.280. The number of benzene rings is 1. The molecule has 35 heavy (non-hydrogen) atoms. The lowest BCUT2D eigenvalue weighted by atomic mass is 9.87. The van der Waals surface area contributed by atoms with Gasteiger partial charge in [0.1, 0.15) is 0 Å². The molecule has 0 atom stereocenters. The standard InChI is InChI=1S/C33H60O.H3N/c1-5-7-9-11-13-15-17-19-21-23-25-32-30(4)29(3)27-31(28-34)33(32)26-24-22-20-18-16-14-12-10-8-6-2;/h27,34H,5-26,28H2,1-4H3;1H3. The summed E-state index contributed by atoms with van der Waals surface area (Å²) in [5, 5.41) is 10.1. The van der Waals surface area contributed by atoms with E-state index in [1.54, 1.807) is 5.56 Å². The molecule has 0 radical (unpaired) electrons. The minimum atomic E-state index is 0. The summed E-state index contributed by atoms with van der Waals surface area (Å²) in [6.45, 7) is 9.31. The van der Waals surface area contributed by atoms with Gasteiger partial charge in [-0.3, -0.25) is 0 Å². The van der Waals surface area contributed by atoms with E-state index < -0.39 is 0 Å². The van der Waals surface area contributed by atoms with Gasteiger partial charge in [0.15, 0.2) is 0 Å². The Kier molecular flexibility index (Phi) is 23.0. The number of unbranched alkanes of at least 4 members (excludes halogenated alkanes) is 18. The van der Waals surface area contributed by atoms with Crippen molar-refractivity contribution in [1.29, 1.82) is 0 Å². The van der Waals surface area contributed by atoms with Crippen molar-refractivity contribution < 1.29 is 5.11 Å². The van der Waals surface area contributed by atoms with Crippen molar-refractivity contribution in [2.45, 2.75) is 176 Å². The van der Waals surface area contributed by atoms with Crippen molar-refractivity contribution in [1.82, 2.24) is 6.15 Å². The molecule has 0 aromatic heterocycles. The smallest absolute Gasteiger partial charge is 0.0684 e. The highest BCUT2D eigenvalue weighted by Gasteiger charge is 2.13. The zero-order chi connectivity index (χ0) is 24.9. The van der Waals surface area contributed by atoms with Gasteiger partial charge in [-0.25, -0.2) is 0 Å². The molecule has 1 aromatic carbocycles. The normalized spacial score (nSPS) is 11.1. The summed E-state index contributed by atoms with van der Waals surface area (Å²) in [4.78, 5) is 0. The van der Waals surface area contributed by atoms with Crippen LogP contribution in [0.25, 0.3) is 0 Å². The Hall–Kier alpha value is -0.860. The van der Waals surface area contributed by atoms with E-state index in [0.29, 0.717) is 0 Å². The lowest BCUT2D eigenvalue weighted by Gasteiger charge is -2.19. The highest BCUT2D eigenvalue weighted by atomic mass is 16.3. The molecule has 4 N–H and O–H groups in total. The Balaban J connectivity index is 0.0000116. The molecule has 0 saturated heterocycles. The van der Waals surface area contributed by atoms with Crippen molar-refractivity contribution in [2.75, 3.05) is 0 Å². The van der Waals surface area contributed by atoms with Crippen molar-refractivity contribution >= 4 is 0 Å². The first-order valence-electron chi connectivity index (χ1n) is 15.4. The fourth-order valence-electron chi connectivity index (χ4n) is 5.48. The summed E-state index contributed by atoms with van der Waals surface area (Å²) in [5.41, 5.74) is 7.09. The highest BCUT2D eigenvalue weighted by molar-refractivity contribution is 5.45. The van der Waals surface area contributed by atoms with Gasteiger partial charge in [-0.1, -0.05) is 135 Å². The topological polar surface area (TPSA) is 55.2 Å². The Morgan fingerprint density at radius 3 is 1.23 bits per heavy atom. The molecule has 0 fully saturated rings. The maximum Gasteiger partial charge on any atom is 0.0684 e. The average Bonchev–Trinajstić information content (AvgIpc) is 2.84. The molecule has 0 saturated carbocycles. The summed E-state index contributed by atoms with van der Waals surface area (Å²) >= 11 is 0. The third-order valence-electron chi connectivity index (χ3n) is 7.92. The molecule has 206 valence electrons. The molecule has 0 amide bonds. The summed E-state index contributed by atoms with van der Waals surface area (Å²) in [7, 11) is 0. The van der Waals surface area contributed by atoms with E-state index in [1.165, 1.54) is 157 Å². The number of aryl methyl sites for hydroxylation is 1. The predicted molar refractivity (Wildman–Crippen MR) is 158 cm³/mol. The molecule has 2 heteroatoms. The van der Waals surface area contributed by atoms with Gasteiger partial charge in [0.05, 0.1) is 6.61 Å². The maximum absolute atomic E-state index is 10.1. The second-order valence-electron chi connectivity index (χ2n) is 11.0. The van der Waals surface area contributed by atoms with Gasteiger partial charge >= 0.3 is 0 Å². The largest absolute Gasteiger partial charge is 0.392 e. The second-order valence-corrected chi connectivity index (χ2v) is 11.0. The van der Waals surface area contributed by atoms with Crippen molar-refractivity contribution in [3.05, 3.63) is 33.9 Å². The van der Waals surface area contributed by atoms with Gasteiger partial charge in [0.25, 0.3) is 0 Å². The van der Waals surface area contributed by atoms with Crippen LogP contribution in [0.3, 0.4) is 0 Å². The minimum Gasteiger partial charge on any atom is -0.392 e. The number of hydrogen-bond acceptors (Lipinski definition) is 2. The summed E-state index contributed by atoms with van der Waals surface area (Å²) in [6.07, 6.45) is 30.1. The van der Waals surface area contributed by atoms with Gasteiger partial charge in [-0.15, -0.1) is 0 Å². The first-order chi connectivity index (χ1) is 16.7. The van der Waals surface area contributed by atoms with Gasteiger partial charge in [-0.2, -0.15) is 0 Å². The third-order valence-corrected chi connectivity index (χ3v) is 7.92. The summed E-state index contributed by atoms with van der Waals surface area (Å²) in [5.74, 6) is 0. The molecular weight excluding hydrogens is 426 g/mol. The molecule has 0 aliphatic rings.